The second-order valence-electron chi connectivity index (χ2n) is 4.12. The Bertz CT molecular complexity index is 704. The third-order valence-electron chi connectivity index (χ3n) is 2.59. The fourth-order valence-corrected chi connectivity index (χ4v) is 1.59. The lowest BCUT2D eigenvalue weighted by Crippen LogP contribution is -2.19. The van der Waals surface area contributed by atoms with E-state index in [-0.39, 0.29) is 5.82 Å². The van der Waals surface area contributed by atoms with E-state index in [1.54, 1.807) is 13.0 Å². The van der Waals surface area contributed by atoms with Gasteiger partial charge in [0.05, 0.1) is 0 Å². The van der Waals surface area contributed by atoms with Gasteiger partial charge < -0.3 is 5.32 Å². The van der Waals surface area contributed by atoms with Gasteiger partial charge in [0.25, 0.3) is 5.91 Å². The molecular formula is C13H7F5N2O. The minimum atomic E-state index is -2.32. The van der Waals surface area contributed by atoms with E-state index >= 15 is 0 Å². The summed E-state index contributed by atoms with van der Waals surface area (Å²) in [5.74, 6) is -12.7. The number of hydrogen-bond acceptors (Lipinski definition) is 2. The number of benzene rings is 1. The molecule has 110 valence electrons. The van der Waals surface area contributed by atoms with E-state index < -0.39 is 40.6 Å². The van der Waals surface area contributed by atoms with Crippen LogP contribution < -0.4 is 5.32 Å². The summed E-state index contributed by atoms with van der Waals surface area (Å²) >= 11 is 0. The van der Waals surface area contributed by atoms with Crippen molar-refractivity contribution < 1.29 is 26.7 Å². The van der Waals surface area contributed by atoms with Crippen molar-refractivity contribution in [2.45, 2.75) is 6.92 Å². The van der Waals surface area contributed by atoms with Crippen LogP contribution in [0.15, 0.2) is 18.3 Å². The van der Waals surface area contributed by atoms with Crippen LogP contribution in [0.2, 0.25) is 0 Å². The van der Waals surface area contributed by atoms with Crippen molar-refractivity contribution >= 4 is 11.7 Å². The van der Waals surface area contributed by atoms with E-state index in [0.29, 0.717) is 5.56 Å². The van der Waals surface area contributed by atoms with Crippen molar-refractivity contribution in [3.05, 3.63) is 58.5 Å². The van der Waals surface area contributed by atoms with Gasteiger partial charge in [0.2, 0.25) is 5.82 Å². The average Bonchev–Trinajstić information content (AvgIpc) is 2.43. The number of halogens is 5. The highest BCUT2D eigenvalue weighted by Crippen LogP contribution is 2.23. The Morgan fingerprint density at radius 2 is 1.52 bits per heavy atom. The molecule has 0 spiro atoms. The zero-order valence-corrected chi connectivity index (χ0v) is 10.5. The first-order chi connectivity index (χ1) is 9.82. The fraction of sp³-hybridized carbons (Fsp3) is 0.0769. The molecule has 0 aliphatic heterocycles. The zero-order valence-electron chi connectivity index (χ0n) is 10.5. The summed E-state index contributed by atoms with van der Waals surface area (Å²) in [6.45, 7) is 1.66. The molecule has 0 aliphatic carbocycles. The SMILES string of the molecule is Cc1ccnc(NC(=O)c2c(F)c(F)c(F)c(F)c2F)c1. The van der Waals surface area contributed by atoms with Gasteiger partial charge >= 0.3 is 0 Å². The zero-order chi connectivity index (χ0) is 15.7. The fourth-order valence-electron chi connectivity index (χ4n) is 1.59. The molecule has 1 amide bonds. The Hall–Kier alpha value is -2.51. The Morgan fingerprint density at radius 1 is 1.00 bits per heavy atom. The molecule has 0 bridgehead atoms. The first-order valence-electron chi connectivity index (χ1n) is 5.58. The second kappa shape index (κ2) is 5.47. The molecule has 0 unspecified atom stereocenters. The number of pyridine rings is 1. The number of carbonyl (C=O) groups is 1. The van der Waals surface area contributed by atoms with Gasteiger partial charge in [-0.25, -0.2) is 26.9 Å². The van der Waals surface area contributed by atoms with Crippen LogP contribution in [0.1, 0.15) is 15.9 Å². The number of rotatable bonds is 2. The van der Waals surface area contributed by atoms with E-state index in [4.69, 9.17) is 0 Å². The van der Waals surface area contributed by atoms with Crippen LogP contribution in [0.3, 0.4) is 0 Å². The molecule has 8 heteroatoms. The maximum atomic E-state index is 13.4. The highest BCUT2D eigenvalue weighted by molar-refractivity contribution is 6.04. The smallest absolute Gasteiger partial charge is 0.263 e. The third-order valence-corrected chi connectivity index (χ3v) is 2.59. The Balaban J connectivity index is 2.45. The number of nitrogens with zero attached hydrogens (tertiary/aromatic N) is 1. The number of anilines is 1. The van der Waals surface area contributed by atoms with Crippen molar-refractivity contribution in [2.75, 3.05) is 5.32 Å². The molecule has 2 rings (SSSR count). The average molecular weight is 302 g/mol. The molecule has 0 radical (unpaired) electrons. The van der Waals surface area contributed by atoms with Crippen molar-refractivity contribution in [3.63, 3.8) is 0 Å². The summed E-state index contributed by atoms with van der Waals surface area (Å²) in [4.78, 5) is 15.4. The lowest BCUT2D eigenvalue weighted by atomic mass is 10.1. The van der Waals surface area contributed by atoms with Gasteiger partial charge in [0.1, 0.15) is 11.4 Å². The number of aryl methyl sites for hydroxylation is 1. The van der Waals surface area contributed by atoms with Gasteiger partial charge in [-0.2, -0.15) is 0 Å². The van der Waals surface area contributed by atoms with Gasteiger partial charge in [-0.3, -0.25) is 4.79 Å². The lowest BCUT2D eigenvalue weighted by Gasteiger charge is -2.09. The highest BCUT2D eigenvalue weighted by Gasteiger charge is 2.29. The van der Waals surface area contributed by atoms with Crippen LogP contribution in [0.5, 0.6) is 0 Å². The molecule has 1 N–H and O–H groups in total. The molecular weight excluding hydrogens is 295 g/mol. The standard InChI is InChI=1S/C13H7F5N2O/c1-5-2-3-19-6(4-5)20-13(21)7-8(14)10(16)12(18)11(17)9(7)15/h2-4H,1H3,(H,19,20,21). The quantitative estimate of drug-likeness (QED) is 0.525. The van der Waals surface area contributed by atoms with E-state index in [1.807, 2.05) is 5.32 Å². The van der Waals surface area contributed by atoms with Crippen molar-refractivity contribution in [3.8, 4) is 0 Å². The van der Waals surface area contributed by atoms with E-state index in [0.717, 1.165) is 0 Å². The second-order valence-corrected chi connectivity index (χ2v) is 4.12. The highest BCUT2D eigenvalue weighted by atomic mass is 19.2. The van der Waals surface area contributed by atoms with Crippen molar-refractivity contribution in [1.29, 1.82) is 0 Å². The van der Waals surface area contributed by atoms with E-state index in [1.165, 1.54) is 12.3 Å². The molecule has 0 fully saturated rings. The number of carbonyl (C=O) groups excluding carboxylic acids is 1. The van der Waals surface area contributed by atoms with Gasteiger partial charge in [-0.05, 0) is 24.6 Å². The largest absolute Gasteiger partial charge is 0.306 e. The molecule has 1 heterocycles. The molecule has 3 nitrogen and oxygen atoms in total. The predicted octanol–water partition coefficient (Wildman–Crippen LogP) is 3.34. The monoisotopic (exact) mass is 302 g/mol. The molecule has 1 aromatic carbocycles. The Labute approximate surface area is 115 Å². The third kappa shape index (κ3) is 2.69. The molecule has 2 aromatic rings. The van der Waals surface area contributed by atoms with Crippen LogP contribution >= 0.6 is 0 Å². The van der Waals surface area contributed by atoms with Gasteiger partial charge in [0.15, 0.2) is 23.3 Å². The normalized spacial score (nSPS) is 10.6. The summed E-state index contributed by atoms with van der Waals surface area (Å²) in [6, 6.07) is 2.96. The van der Waals surface area contributed by atoms with Gasteiger partial charge in [0, 0.05) is 6.20 Å². The Kier molecular flexibility index (Phi) is 3.88. The van der Waals surface area contributed by atoms with E-state index in [2.05, 4.69) is 4.98 Å². The lowest BCUT2D eigenvalue weighted by molar-refractivity contribution is 0.101. The van der Waals surface area contributed by atoms with Crippen molar-refractivity contribution in [1.82, 2.24) is 4.98 Å². The summed E-state index contributed by atoms with van der Waals surface area (Å²) in [7, 11) is 0. The first kappa shape index (κ1) is 14.9. The predicted molar refractivity (Wildman–Crippen MR) is 63.2 cm³/mol. The summed E-state index contributed by atoms with van der Waals surface area (Å²) in [5, 5.41) is 1.97. The topological polar surface area (TPSA) is 42.0 Å². The van der Waals surface area contributed by atoms with Crippen molar-refractivity contribution in [2.24, 2.45) is 0 Å². The molecule has 0 aliphatic rings. The number of hydrogen-bond donors (Lipinski definition) is 1. The summed E-state index contributed by atoms with van der Waals surface area (Å²) in [6.07, 6.45) is 1.31. The molecule has 0 saturated heterocycles. The van der Waals surface area contributed by atoms with Crippen LogP contribution in [0, 0.1) is 36.0 Å². The first-order valence-corrected chi connectivity index (χ1v) is 5.58. The van der Waals surface area contributed by atoms with Crippen LogP contribution in [-0.4, -0.2) is 10.9 Å². The molecule has 1 aromatic heterocycles. The molecule has 0 saturated carbocycles. The maximum absolute atomic E-state index is 13.4. The Morgan fingerprint density at radius 3 is 2.05 bits per heavy atom. The number of aromatic nitrogens is 1. The molecule has 21 heavy (non-hydrogen) atoms. The van der Waals surface area contributed by atoms with E-state index in [9.17, 15) is 26.7 Å². The van der Waals surface area contributed by atoms with Crippen LogP contribution in [0.25, 0.3) is 0 Å². The maximum Gasteiger partial charge on any atom is 0.263 e. The van der Waals surface area contributed by atoms with Gasteiger partial charge in [-0.1, -0.05) is 0 Å². The van der Waals surface area contributed by atoms with Crippen LogP contribution in [0.4, 0.5) is 27.8 Å². The van der Waals surface area contributed by atoms with Crippen LogP contribution in [-0.2, 0) is 0 Å². The van der Waals surface area contributed by atoms with Gasteiger partial charge in [-0.15, -0.1) is 0 Å². The summed E-state index contributed by atoms with van der Waals surface area (Å²) in [5.41, 5.74) is -0.882. The number of amides is 1. The number of nitrogens with one attached hydrogen (secondary N) is 1. The molecule has 0 atom stereocenters. The minimum absolute atomic E-state index is 0.0797. The minimum Gasteiger partial charge on any atom is -0.306 e. The summed E-state index contributed by atoms with van der Waals surface area (Å²) < 4.78 is 65.8.